The van der Waals surface area contributed by atoms with Gasteiger partial charge in [-0.15, -0.1) is 0 Å². The van der Waals surface area contributed by atoms with Crippen molar-refractivity contribution in [2.75, 3.05) is 6.61 Å². The molecule has 28 heavy (non-hydrogen) atoms. The Morgan fingerprint density at radius 3 is 2.64 bits per heavy atom. The summed E-state index contributed by atoms with van der Waals surface area (Å²) in [6.45, 7) is 5.18. The smallest absolute Gasteiger partial charge is 0.290 e. The zero-order valence-electron chi connectivity index (χ0n) is 16.0. The fourth-order valence-electron chi connectivity index (χ4n) is 2.63. The van der Waals surface area contributed by atoms with Gasteiger partial charge in [-0.3, -0.25) is 4.79 Å². The molecular formula is C21H25BrN2O4. The molecule has 0 atom stereocenters. The Kier molecular flexibility index (Phi) is 8.97. The molecule has 0 fully saturated rings. The summed E-state index contributed by atoms with van der Waals surface area (Å²) in [6.07, 6.45) is 6.04. The van der Waals surface area contributed by atoms with Gasteiger partial charge in [0.05, 0.1) is 22.9 Å². The van der Waals surface area contributed by atoms with Crippen LogP contribution in [0.1, 0.15) is 31.5 Å². The Morgan fingerprint density at radius 1 is 1.25 bits per heavy atom. The van der Waals surface area contributed by atoms with Crippen LogP contribution < -0.4 is 4.74 Å². The Balaban J connectivity index is 0.000000878. The summed E-state index contributed by atoms with van der Waals surface area (Å²) in [4.78, 5) is 13.0. The molecule has 0 radical (unpaired) electrons. The molecule has 6 nitrogen and oxygen atoms in total. The molecular weight excluding hydrogens is 424 g/mol. The molecule has 150 valence electrons. The molecule has 0 saturated heterocycles. The Hall–Kier alpha value is -2.38. The van der Waals surface area contributed by atoms with Crippen molar-refractivity contribution in [1.29, 1.82) is 0 Å². The van der Waals surface area contributed by atoms with Crippen LogP contribution in [-0.4, -0.2) is 33.7 Å². The van der Waals surface area contributed by atoms with Gasteiger partial charge in [0.1, 0.15) is 11.4 Å². The molecule has 1 aromatic carbocycles. The normalized spacial score (nSPS) is 10.6. The van der Waals surface area contributed by atoms with Crippen LogP contribution in [0.5, 0.6) is 5.75 Å². The van der Waals surface area contributed by atoms with E-state index >= 15 is 0 Å². The number of pyridine rings is 1. The van der Waals surface area contributed by atoms with E-state index in [1.165, 1.54) is 5.56 Å². The lowest BCUT2D eigenvalue weighted by Crippen LogP contribution is -2.06. The summed E-state index contributed by atoms with van der Waals surface area (Å²) in [5.41, 5.74) is 3.17. The van der Waals surface area contributed by atoms with Gasteiger partial charge in [-0.05, 0) is 48.2 Å². The number of nitrogens with zero attached hydrogens (tertiary/aromatic N) is 2. The number of hydrogen-bond donors (Lipinski definition) is 1. The summed E-state index contributed by atoms with van der Waals surface area (Å²) in [7, 11) is 0. The zero-order chi connectivity index (χ0) is 20.4. The van der Waals surface area contributed by atoms with E-state index in [2.05, 4.69) is 39.2 Å². The lowest BCUT2D eigenvalue weighted by molar-refractivity contribution is -0.122. The molecule has 3 rings (SSSR count). The van der Waals surface area contributed by atoms with Crippen LogP contribution >= 0.6 is 15.9 Å². The van der Waals surface area contributed by atoms with Crippen LogP contribution in [0.2, 0.25) is 0 Å². The van der Waals surface area contributed by atoms with E-state index < -0.39 is 0 Å². The second kappa shape index (κ2) is 11.5. The van der Waals surface area contributed by atoms with Crippen LogP contribution in [0.15, 0.2) is 53.3 Å². The van der Waals surface area contributed by atoms with E-state index in [-0.39, 0.29) is 12.6 Å². The van der Waals surface area contributed by atoms with Gasteiger partial charge in [0.25, 0.3) is 6.47 Å². The third-order valence-corrected chi connectivity index (χ3v) is 4.35. The minimum atomic E-state index is -0.250. The van der Waals surface area contributed by atoms with Gasteiger partial charge in [-0.1, -0.05) is 30.3 Å². The van der Waals surface area contributed by atoms with Crippen LogP contribution in [0, 0.1) is 0 Å². The molecule has 1 N–H and O–H groups in total. The molecule has 0 unspecified atom stereocenters. The maximum absolute atomic E-state index is 8.36. The molecule has 0 aliphatic heterocycles. The first kappa shape index (κ1) is 21.9. The van der Waals surface area contributed by atoms with Crippen LogP contribution in [0.25, 0.3) is 5.65 Å². The Morgan fingerprint density at radius 2 is 1.96 bits per heavy atom. The van der Waals surface area contributed by atoms with Crippen LogP contribution in [-0.2, 0) is 22.6 Å². The van der Waals surface area contributed by atoms with Gasteiger partial charge in [0.2, 0.25) is 0 Å². The Bertz CT molecular complexity index is 865. The Labute approximate surface area is 173 Å². The predicted octanol–water partition coefficient (Wildman–Crippen LogP) is 4.73. The summed E-state index contributed by atoms with van der Waals surface area (Å²) in [5, 5.41) is 6.89. The fourth-order valence-corrected chi connectivity index (χ4v) is 3.06. The van der Waals surface area contributed by atoms with E-state index in [1.807, 2.05) is 48.7 Å². The maximum Gasteiger partial charge on any atom is 0.290 e. The second-order valence-corrected chi connectivity index (χ2v) is 7.25. The maximum atomic E-state index is 8.36. The van der Waals surface area contributed by atoms with Crippen molar-refractivity contribution in [2.45, 2.75) is 39.4 Å². The quantitative estimate of drug-likeness (QED) is 0.398. The molecule has 7 heteroatoms. The number of benzene rings is 1. The molecule has 0 bridgehead atoms. The standard InChI is InChI=1S/C20H23BrN2O2.CH2O2/c1-15(2)25-19-11-20-22-17(12-23(20)13-18(19)21)9-6-10-24-14-16-7-4-3-5-8-16;2-1-3/h3-5,7-8,11-13,15H,6,9-10,14H2,1-2H3;1H,(H,2,3). The number of rotatable bonds is 8. The summed E-state index contributed by atoms with van der Waals surface area (Å²) < 4.78 is 14.5. The second-order valence-electron chi connectivity index (χ2n) is 6.40. The van der Waals surface area contributed by atoms with Crippen molar-refractivity contribution < 1.29 is 19.4 Å². The van der Waals surface area contributed by atoms with Crippen molar-refractivity contribution in [1.82, 2.24) is 9.38 Å². The number of carbonyl (C=O) groups is 1. The highest BCUT2D eigenvalue weighted by Gasteiger charge is 2.09. The molecule has 2 aromatic heterocycles. The fraction of sp³-hybridized carbons (Fsp3) is 0.333. The minimum absolute atomic E-state index is 0.134. The number of imidazole rings is 1. The van der Waals surface area contributed by atoms with E-state index in [0.29, 0.717) is 6.61 Å². The third kappa shape index (κ3) is 6.98. The van der Waals surface area contributed by atoms with Gasteiger partial charge in [0.15, 0.2) is 0 Å². The molecule has 0 aliphatic rings. The number of halogens is 1. The highest BCUT2D eigenvalue weighted by molar-refractivity contribution is 9.10. The van der Waals surface area contributed by atoms with E-state index in [0.717, 1.165) is 41.0 Å². The first-order valence-corrected chi connectivity index (χ1v) is 9.86. The number of aromatic nitrogens is 2. The number of fused-ring (bicyclic) bond motifs is 1. The molecule has 0 amide bonds. The monoisotopic (exact) mass is 448 g/mol. The van der Waals surface area contributed by atoms with Crippen LogP contribution in [0.4, 0.5) is 0 Å². The van der Waals surface area contributed by atoms with Crippen molar-refractivity contribution >= 4 is 28.0 Å². The average molecular weight is 449 g/mol. The SMILES string of the molecule is CC(C)Oc1cc2nc(CCCOCc3ccccc3)cn2cc1Br.O=CO. The highest BCUT2D eigenvalue weighted by Crippen LogP contribution is 2.27. The van der Waals surface area contributed by atoms with Gasteiger partial charge in [-0.2, -0.15) is 0 Å². The number of aryl methyl sites for hydroxylation is 1. The number of carboxylic acid groups (broad SMARTS) is 1. The van der Waals surface area contributed by atoms with E-state index in [1.54, 1.807) is 0 Å². The molecule has 0 aliphatic carbocycles. The number of ether oxygens (including phenoxy) is 2. The first-order valence-electron chi connectivity index (χ1n) is 9.06. The summed E-state index contributed by atoms with van der Waals surface area (Å²) in [5.74, 6) is 0.825. The molecule has 2 heterocycles. The van der Waals surface area contributed by atoms with Crippen LogP contribution in [0.3, 0.4) is 0 Å². The largest absolute Gasteiger partial charge is 0.490 e. The number of hydrogen-bond acceptors (Lipinski definition) is 4. The predicted molar refractivity (Wildman–Crippen MR) is 112 cm³/mol. The van der Waals surface area contributed by atoms with E-state index in [9.17, 15) is 0 Å². The summed E-state index contributed by atoms with van der Waals surface area (Å²) in [6, 6.07) is 12.2. The van der Waals surface area contributed by atoms with Gasteiger partial charge in [0, 0.05) is 25.1 Å². The van der Waals surface area contributed by atoms with Crippen molar-refractivity contribution in [3.8, 4) is 5.75 Å². The highest BCUT2D eigenvalue weighted by atomic mass is 79.9. The van der Waals surface area contributed by atoms with Gasteiger partial charge >= 0.3 is 0 Å². The first-order chi connectivity index (χ1) is 13.5. The summed E-state index contributed by atoms with van der Waals surface area (Å²) >= 11 is 3.56. The third-order valence-electron chi connectivity index (χ3n) is 3.75. The lowest BCUT2D eigenvalue weighted by atomic mass is 10.2. The van der Waals surface area contributed by atoms with Crippen molar-refractivity contribution in [3.05, 3.63) is 64.5 Å². The minimum Gasteiger partial charge on any atom is -0.490 e. The lowest BCUT2D eigenvalue weighted by Gasteiger charge is -2.11. The zero-order valence-corrected chi connectivity index (χ0v) is 17.6. The van der Waals surface area contributed by atoms with Crippen molar-refractivity contribution in [2.24, 2.45) is 0 Å². The average Bonchev–Trinajstić information content (AvgIpc) is 3.04. The van der Waals surface area contributed by atoms with Gasteiger partial charge < -0.3 is 19.0 Å². The molecule has 3 aromatic rings. The van der Waals surface area contributed by atoms with Crippen molar-refractivity contribution in [3.63, 3.8) is 0 Å². The topological polar surface area (TPSA) is 73.1 Å². The molecule has 0 spiro atoms. The van der Waals surface area contributed by atoms with E-state index in [4.69, 9.17) is 19.4 Å². The van der Waals surface area contributed by atoms with Gasteiger partial charge in [-0.25, -0.2) is 4.98 Å². The molecule has 0 saturated carbocycles.